The Morgan fingerprint density at radius 1 is 1.15 bits per heavy atom. The molecule has 0 saturated heterocycles. The Balaban J connectivity index is 1.62. The molecule has 0 fully saturated rings. The number of hydrogen-bond donors (Lipinski definition) is 2. The monoisotopic (exact) mass is 408 g/mol. The molecule has 3 N–H and O–H groups in total. The standard InChI is InChI=1S/C15H13FN6O3S2/c16-10-1-5-12(6-2-10)22-15(19-20-21-22)26-9-14(23)18-11-3-7-13(8-4-11)27(17,24)25/h1-8H,9H2,(H,18,23)(H2,17,24,25). The van der Waals surface area contributed by atoms with Crippen molar-refractivity contribution in [2.45, 2.75) is 10.1 Å². The minimum Gasteiger partial charge on any atom is -0.325 e. The number of aromatic nitrogens is 4. The summed E-state index contributed by atoms with van der Waals surface area (Å²) in [5, 5.41) is 19.2. The van der Waals surface area contributed by atoms with Crippen LogP contribution in [0.3, 0.4) is 0 Å². The van der Waals surface area contributed by atoms with Crippen molar-refractivity contribution in [3.05, 3.63) is 54.3 Å². The van der Waals surface area contributed by atoms with Gasteiger partial charge in [0, 0.05) is 5.69 Å². The summed E-state index contributed by atoms with van der Waals surface area (Å²) in [6.07, 6.45) is 0. The molecule has 1 aromatic heterocycles. The van der Waals surface area contributed by atoms with Crippen molar-refractivity contribution in [2.75, 3.05) is 11.1 Å². The van der Waals surface area contributed by atoms with Gasteiger partial charge in [0.25, 0.3) is 0 Å². The van der Waals surface area contributed by atoms with Crippen LogP contribution in [0.15, 0.2) is 58.6 Å². The van der Waals surface area contributed by atoms with Gasteiger partial charge >= 0.3 is 0 Å². The van der Waals surface area contributed by atoms with Gasteiger partial charge in [-0.25, -0.2) is 17.9 Å². The predicted molar refractivity (Wildman–Crippen MR) is 96.3 cm³/mol. The van der Waals surface area contributed by atoms with Gasteiger partial charge in [-0.1, -0.05) is 11.8 Å². The number of anilines is 1. The number of nitrogens with zero attached hydrogens (tertiary/aromatic N) is 4. The van der Waals surface area contributed by atoms with E-state index in [0.29, 0.717) is 16.5 Å². The van der Waals surface area contributed by atoms with Crippen LogP contribution in [-0.4, -0.2) is 40.3 Å². The molecule has 1 amide bonds. The van der Waals surface area contributed by atoms with Gasteiger partial charge in [-0.05, 0) is 59.0 Å². The molecule has 12 heteroatoms. The van der Waals surface area contributed by atoms with E-state index in [4.69, 9.17) is 5.14 Å². The highest BCUT2D eigenvalue weighted by Crippen LogP contribution is 2.19. The van der Waals surface area contributed by atoms with Crippen molar-refractivity contribution in [3.63, 3.8) is 0 Å². The molecule has 2 aromatic carbocycles. The third-order valence-electron chi connectivity index (χ3n) is 3.31. The molecule has 0 unspecified atom stereocenters. The number of halogens is 1. The first-order valence-electron chi connectivity index (χ1n) is 7.43. The first-order valence-corrected chi connectivity index (χ1v) is 9.96. The van der Waals surface area contributed by atoms with Crippen LogP contribution in [0.1, 0.15) is 0 Å². The van der Waals surface area contributed by atoms with Crippen LogP contribution in [0, 0.1) is 5.82 Å². The zero-order valence-corrected chi connectivity index (χ0v) is 15.2. The van der Waals surface area contributed by atoms with Crippen molar-refractivity contribution in [2.24, 2.45) is 5.14 Å². The molecule has 3 rings (SSSR count). The van der Waals surface area contributed by atoms with Gasteiger partial charge in [0.2, 0.25) is 21.1 Å². The average Bonchev–Trinajstić information content (AvgIpc) is 3.09. The van der Waals surface area contributed by atoms with Crippen LogP contribution in [0.4, 0.5) is 10.1 Å². The maximum atomic E-state index is 13.0. The Morgan fingerprint density at radius 2 is 1.81 bits per heavy atom. The summed E-state index contributed by atoms with van der Waals surface area (Å²) in [5.41, 5.74) is 0.981. The van der Waals surface area contributed by atoms with E-state index >= 15 is 0 Å². The normalized spacial score (nSPS) is 11.3. The Bertz CT molecular complexity index is 1050. The van der Waals surface area contributed by atoms with E-state index in [1.807, 2.05) is 0 Å². The Morgan fingerprint density at radius 3 is 2.44 bits per heavy atom. The third-order valence-corrected chi connectivity index (χ3v) is 5.16. The lowest BCUT2D eigenvalue weighted by atomic mass is 10.3. The molecular weight excluding hydrogens is 395 g/mol. The second kappa shape index (κ2) is 7.82. The molecule has 1 heterocycles. The van der Waals surface area contributed by atoms with Crippen molar-refractivity contribution in [1.82, 2.24) is 20.2 Å². The van der Waals surface area contributed by atoms with E-state index in [9.17, 15) is 17.6 Å². The van der Waals surface area contributed by atoms with Gasteiger partial charge in [0.15, 0.2) is 0 Å². The highest BCUT2D eigenvalue weighted by Gasteiger charge is 2.12. The summed E-state index contributed by atoms with van der Waals surface area (Å²) in [6, 6.07) is 11.1. The number of sulfonamides is 1. The lowest BCUT2D eigenvalue weighted by molar-refractivity contribution is -0.113. The number of benzene rings is 2. The molecule has 27 heavy (non-hydrogen) atoms. The van der Waals surface area contributed by atoms with Gasteiger partial charge in [-0.3, -0.25) is 4.79 Å². The van der Waals surface area contributed by atoms with E-state index < -0.39 is 10.0 Å². The van der Waals surface area contributed by atoms with Crippen LogP contribution in [0.5, 0.6) is 0 Å². The summed E-state index contributed by atoms with van der Waals surface area (Å²) >= 11 is 1.09. The molecule has 0 aliphatic rings. The fraction of sp³-hybridized carbons (Fsp3) is 0.0667. The lowest BCUT2D eigenvalue weighted by Gasteiger charge is -2.06. The molecule has 0 spiro atoms. The number of nitrogens with one attached hydrogen (secondary N) is 1. The summed E-state index contributed by atoms with van der Waals surface area (Å²) in [6.45, 7) is 0. The molecule has 0 bridgehead atoms. The number of thioether (sulfide) groups is 1. The Hall–Kier alpha value is -2.83. The maximum Gasteiger partial charge on any atom is 0.238 e. The molecule has 140 valence electrons. The van der Waals surface area contributed by atoms with E-state index in [2.05, 4.69) is 20.8 Å². The molecule has 0 radical (unpaired) electrons. The quantitative estimate of drug-likeness (QED) is 0.585. The summed E-state index contributed by atoms with van der Waals surface area (Å²) in [7, 11) is -3.79. The van der Waals surface area contributed by atoms with Gasteiger partial charge < -0.3 is 5.32 Å². The Labute approximate surface area is 157 Å². The fourth-order valence-electron chi connectivity index (χ4n) is 2.07. The number of amides is 1. The highest BCUT2D eigenvalue weighted by molar-refractivity contribution is 7.99. The van der Waals surface area contributed by atoms with E-state index in [1.54, 1.807) is 0 Å². The summed E-state index contributed by atoms with van der Waals surface area (Å²) in [4.78, 5) is 12.0. The molecule has 0 aliphatic carbocycles. The zero-order chi connectivity index (χ0) is 19.4. The van der Waals surface area contributed by atoms with E-state index in [0.717, 1.165) is 11.8 Å². The molecule has 0 saturated carbocycles. The molecule has 3 aromatic rings. The maximum absolute atomic E-state index is 13.0. The molecule has 9 nitrogen and oxygen atoms in total. The minimum atomic E-state index is -3.79. The second-order valence-electron chi connectivity index (χ2n) is 5.26. The van der Waals surface area contributed by atoms with Crippen LogP contribution in [0.2, 0.25) is 0 Å². The summed E-state index contributed by atoms with van der Waals surface area (Å²) in [5.74, 6) is -0.704. The predicted octanol–water partition coefficient (Wildman–Crippen LogP) is 1.18. The first-order chi connectivity index (χ1) is 12.8. The van der Waals surface area contributed by atoms with Crippen molar-refractivity contribution < 1.29 is 17.6 Å². The van der Waals surface area contributed by atoms with Crippen molar-refractivity contribution in [1.29, 1.82) is 0 Å². The fourth-order valence-corrected chi connectivity index (χ4v) is 3.27. The van der Waals surface area contributed by atoms with Crippen molar-refractivity contribution in [3.8, 4) is 5.69 Å². The SMILES string of the molecule is NS(=O)(=O)c1ccc(NC(=O)CSc2nnnn2-c2ccc(F)cc2)cc1. The number of carbonyl (C=O) groups is 1. The van der Waals surface area contributed by atoms with Gasteiger partial charge in [-0.15, -0.1) is 5.10 Å². The second-order valence-corrected chi connectivity index (χ2v) is 7.76. The number of nitrogens with two attached hydrogens (primary N) is 1. The van der Waals surface area contributed by atoms with Gasteiger partial charge in [0.05, 0.1) is 16.3 Å². The molecule has 0 atom stereocenters. The lowest BCUT2D eigenvalue weighted by Crippen LogP contribution is -2.15. The van der Waals surface area contributed by atoms with Gasteiger partial charge in [-0.2, -0.15) is 4.68 Å². The van der Waals surface area contributed by atoms with Crippen LogP contribution in [0.25, 0.3) is 5.69 Å². The first kappa shape index (κ1) is 18.9. The number of primary sulfonamides is 1. The largest absolute Gasteiger partial charge is 0.325 e. The van der Waals surface area contributed by atoms with Crippen LogP contribution >= 0.6 is 11.8 Å². The smallest absolute Gasteiger partial charge is 0.238 e. The molecular formula is C15H13FN6O3S2. The Kier molecular flexibility index (Phi) is 5.48. The number of rotatable bonds is 6. The number of hydrogen-bond acceptors (Lipinski definition) is 7. The van der Waals surface area contributed by atoms with Crippen LogP contribution < -0.4 is 10.5 Å². The average molecular weight is 408 g/mol. The third kappa shape index (κ3) is 4.87. The number of carbonyl (C=O) groups excluding carboxylic acids is 1. The minimum absolute atomic E-state index is 0.0124. The highest BCUT2D eigenvalue weighted by atomic mass is 32.2. The van der Waals surface area contributed by atoms with Crippen molar-refractivity contribution >= 4 is 33.4 Å². The zero-order valence-electron chi connectivity index (χ0n) is 13.6. The van der Waals surface area contributed by atoms with E-state index in [-0.39, 0.29) is 22.4 Å². The van der Waals surface area contributed by atoms with Gasteiger partial charge in [0.1, 0.15) is 5.82 Å². The van der Waals surface area contributed by atoms with Crippen LogP contribution in [-0.2, 0) is 14.8 Å². The number of tetrazole rings is 1. The van der Waals surface area contributed by atoms with E-state index in [1.165, 1.54) is 53.2 Å². The molecule has 0 aliphatic heterocycles. The summed E-state index contributed by atoms with van der Waals surface area (Å²) < 4.78 is 36.8. The topological polar surface area (TPSA) is 133 Å².